The van der Waals surface area contributed by atoms with Gasteiger partial charge in [-0.15, -0.1) is 0 Å². The van der Waals surface area contributed by atoms with Crippen molar-refractivity contribution in [2.24, 2.45) is 0 Å². The molecule has 2 rings (SSSR count). The quantitative estimate of drug-likeness (QED) is 0.735. The van der Waals surface area contributed by atoms with Gasteiger partial charge in [0.2, 0.25) is 5.91 Å². The van der Waals surface area contributed by atoms with Crippen LogP contribution in [0.5, 0.6) is 5.75 Å². The summed E-state index contributed by atoms with van der Waals surface area (Å²) < 4.78 is 42.4. The molecule has 0 aliphatic rings. The van der Waals surface area contributed by atoms with Crippen molar-refractivity contribution in [1.29, 1.82) is 0 Å². The van der Waals surface area contributed by atoms with E-state index in [-0.39, 0.29) is 11.4 Å². The number of hydrogen-bond donors (Lipinski definition) is 2. The minimum atomic E-state index is -4.35. The van der Waals surface area contributed by atoms with Crippen LogP contribution in [0.3, 0.4) is 0 Å². The number of alkyl halides is 3. The lowest BCUT2D eigenvalue weighted by atomic mass is 10.1. The summed E-state index contributed by atoms with van der Waals surface area (Å²) in [6.45, 7) is 0.732. The first-order valence-corrected chi connectivity index (χ1v) is 7.82. The highest BCUT2D eigenvalue weighted by Gasteiger charge is 2.26. The zero-order valence-corrected chi connectivity index (χ0v) is 14.4. The van der Waals surface area contributed by atoms with E-state index in [1.807, 2.05) is 19.1 Å². The fourth-order valence-electron chi connectivity index (χ4n) is 2.27. The van der Waals surface area contributed by atoms with Crippen LogP contribution in [-0.2, 0) is 4.79 Å². The third kappa shape index (κ3) is 5.84. The minimum Gasteiger partial charge on any atom is -0.496 e. The standard InChI is InChI=1S/C19H19F3N2O2/c1-13-7-9-17(26-2)14(11-13)8-10-18(25)24-16-6-4-3-5-15(16)23-12-19(20,21)22/h3-11,23H,12H2,1-2H3,(H,24,25)/b10-8+. The van der Waals surface area contributed by atoms with Crippen LogP contribution in [0.1, 0.15) is 11.1 Å². The summed E-state index contributed by atoms with van der Waals surface area (Å²) in [4.78, 5) is 12.1. The van der Waals surface area contributed by atoms with Gasteiger partial charge in [-0.05, 0) is 37.3 Å². The zero-order valence-electron chi connectivity index (χ0n) is 14.4. The molecule has 0 heterocycles. The number of anilines is 2. The van der Waals surface area contributed by atoms with Gasteiger partial charge in [0.1, 0.15) is 12.3 Å². The molecule has 0 aromatic heterocycles. The molecule has 4 nitrogen and oxygen atoms in total. The SMILES string of the molecule is COc1ccc(C)cc1/C=C/C(=O)Nc1ccccc1NCC(F)(F)F. The van der Waals surface area contributed by atoms with E-state index >= 15 is 0 Å². The summed E-state index contributed by atoms with van der Waals surface area (Å²) in [5.74, 6) is 0.154. The number of methoxy groups -OCH3 is 1. The van der Waals surface area contributed by atoms with Crippen molar-refractivity contribution in [3.05, 3.63) is 59.7 Å². The Morgan fingerprint density at radius 3 is 2.50 bits per heavy atom. The number of ether oxygens (including phenoxy) is 1. The number of para-hydroxylation sites is 2. The highest BCUT2D eigenvalue weighted by molar-refractivity contribution is 6.03. The Hall–Kier alpha value is -2.96. The average Bonchev–Trinajstić information content (AvgIpc) is 2.58. The number of rotatable bonds is 6. The molecule has 0 atom stereocenters. The second-order valence-corrected chi connectivity index (χ2v) is 5.58. The van der Waals surface area contributed by atoms with Crippen LogP contribution in [0.2, 0.25) is 0 Å². The topological polar surface area (TPSA) is 50.4 Å². The van der Waals surface area contributed by atoms with Crippen molar-refractivity contribution in [2.45, 2.75) is 13.1 Å². The second kappa shape index (κ2) is 8.42. The molecule has 0 spiro atoms. The molecule has 1 amide bonds. The molecule has 0 aliphatic carbocycles. The van der Waals surface area contributed by atoms with Gasteiger partial charge >= 0.3 is 6.18 Å². The van der Waals surface area contributed by atoms with Crippen LogP contribution in [0, 0.1) is 6.92 Å². The van der Waals surface area contributed by atoms with Crippen LogP contribution in [0.15, 0.2) is 48.5 Å². The minimum absolute atomic E-state index is 0.194. The van der Waals surface area contributed by atoms with Gasteiger partial charge in [-0.25, -0.2) is 0 Å². The number of carbonyl (C=O) groups excluding carboxylic acids is 1. The van der Waals surface area contributed by atoms with Gasteiger partial charge in [0.05, 0.1) is 18.5 Å². The van der Waals surface area contributed by atoms with Gasteiger partial charge in [-0.3, -0.25) is 4.79 Å². The molecule has 0 unspecified atom stereocenters. The van der Waals surface area contributed by atoms with Gasteiger partial charge in [0, 0.05) is 11.6 Å². The van der Waals surface area contributed by atoms with E-state index < -0.39 is 18.6 Å². The maximum absolute atomic E-state index is 12.4. The first-order valence-electron chi connectivity index (χ1n) is 7.82. The summed E-state index contributed by atoms with van der Waals surface area (Å²) >= 11 is 0. The third-order valence-corrected chi connectivity index (χ3v) is 3.46. The maximum atomic E-state index is 12.4. The van der Waals surface area contributed by atoms with Crippen LogP contribution in [0.25, 0.3) is 6.08 Å². The second-order valence-electron chi connectivity index (χ2n) is 5.58. The summed E-state index contributed by atoms with van der Waals surface area (Å²) in [7, 11) is 1.53. The summed E-state index contributed by atoms with van der Waals surface area (Å²) in [6.07, 6.45) is -1.45. The predicted molar refractivity (Wildman–Crippen MR) is 96.4 cm³/mol. The molecule has 0 radical (unpaired) electrons. The van der Waals surface area contributed by atoms with Gasteiger partial charge in [0.15, 0.2) is 0 Å². The van der Waals surface area contributed by atoms with Gasteiger partial charge < -0.3 is 15.4 Å². The Bertz CT molecular complexity index is 802. The Balaban J connectivity index is 2.10. The van der Waals surface area contributed by atoms with Gasteiger partial charge in [0.25, 0.3) is 0 Å². The summed E-state index contributed by atoms with van der Waals surface area (Å²) in [5, 5.41) is 4.85. The smallest absolute Gasteiger partial charge is 0.405 e. The number of halogens is 3. The van der Waals surface area contributed by atoms with Crippen molar-refractivity contribution in [2.75, 3.05) is 24.3 Å². The Morgan fingerprint density at radius 2 is 1.85 bits per heavy atom. The summed E-state index contributed by atoms with van der Waals surface area (Å²) in [6, 6.07) is 11.7. The van der Waals surface area contributed by atoms with E-state index in [0.29, 0.717) is 5.75 Å². The van der Waals surface area contributed by atoms with E-state index in [0.717, 1.165) is 11.1 Å². The predicted octanol–water partition coefficient (Wildman–Crippen LogP) is 4.63. The molecule has 2 N–H and O–H groups in total. The highest BCUT2D eigenvalue weighted by Crippen LogP contribution is 2.24. The largest absolute Gasteiger partial charge is 0.496 e. The lowest BCUT2D eigenvalue weighted by Crippen LogP contribution is -2.22. The van der Waals surface area contributed by atoms with Crippen LogP contribution < -0.4 is 15.4 Å². The lowest BCUT2D eigenvalue weighted by Gasteiger charge is -2.13. The van der Waals surface area contributed by atoms with Gasteiger partial charge in [-0.1, -0.05) is 23.8 Å². The van der Waals surface area contributed by atoms with Crippen LogP contribution >= 0.6 is 0 Å². The number of amides is 1. The molecule has 7 heteroatoms. The average molecular weight is 364 g/mol. The molecule has 0 bridgehead atoms. The van der Waals surface area contributed by atoms with E-state index in [1.54, 1.807) is 24.3 Å². The molecular weight excluding hydrogens is 345 g/mol. The van der Waals surface area contributed by atoms with Crippen molar-refractivity contribution in [3.8, 4) is 5.75 Å². The number of benzene rings is 2. The lowest BCUT2D eigenvalue weighted by molar-refractivity contribution is -0.115. The molecule has 2 aromatic carbocycles. The highest BCUT2D eigenvalue weighted by atomic mass is 19.4. The van der Waals surface area contributed by atoms with E-state index in [1.165, 1.54) is 25.3 Å². The maximum Gasteiger partial charge on any atom is 0.405 e. The molecule has 0 saturated heterocycles. The first-order chi connectivity index (χ1) is 12.3. The number of nitrogens with one attached hydrogen (secondary N) is 2. The number of carbonyl (C=O) groups is 1. The fraction of sp³-hybridized carbons (Fsp3) is 0.211. The molecule has 0 saturated carbocycles. The molecule has 0 aliphatic heterocycles. The third-order valence-electron chi connectivity index (χ3n) is 3.46. The van der Waals surface area contributed by atoms with E-state index in [4.69, 9.17) is 4.74 Å². The van der Waals surface area contributed by atoms with Crippen molar-refractivity contribution < 1.29 is 22.7 Å². The molecular formula is C19H19F3N2O2. The van der Waals surface area contributed by atoms with Crippen molar-refractivity contribution in [1.82, 2.24) is 0 Å². The normalized spacial score (nSPS) is 11.4. The van der Waals surface area contributed by atoms with Crippen molar-refractivity contribution in [3.63, 3.8) is 0 Å². The molecule has 2 aromatic rings. The Morgan fingerprint density at radius 1 is 1.15 bits per heavy atom. The van der Waals surface area contributed by atoms with Crippen molar-refractivity contribution >= 4 is 23.4 Å². The van der Waals surface area contributed by atoms with E-state index in [2.05, 4.69) is 10.6 Å². The summed E-state index contributed by atoms with van der Waals surface area (Å²) in [5.41, 5.74) is 2.20. The van der Waals surface area contributed by atoms with E-state index in [9.17, 15) is 18.0 Å². The molecule has 26 heavy (non-hydrogen) atoms. The number of aryl methyl sites for hydroxylation is 1. The monoisotopic (exact) mass is 364 g/mol. The molecule has 0 fully saturated rings. The van der Waals surface area contributed by atoms with Gasteiger partial charge in [-0.2, -0.15) is 13.2 Å². The van der Waals surface area contributed by atoms with Crippen LogP contribution in [0.4, 0.5) is 24.5 Å². The number of hydrogen-bond acceptors (Lipinski definition) is 3. The zero-order chi connectivity index (χ0) is 19.2. The Kier molecular flexibility index (Phi) is 6.27. The van der Waals surface area contributed by atoms with Crippen LogP contribution in [-0.4, -0.2) is 25.7 Å². The fourth-order valence-corrected chi connectivity index (χ4v) is 2.27. The molecule has 138 valence electrons. The Labute approximate surface area is 149 Å². The first kappa shape index (κ1) is 19.4.